The average molecular weight is 333 g/mol. The zero-order valence-electron chi connectivity index (χ0n) is 15.5. The van der Waals surface area contributed by atoms with Gasteiger partial charge in [-0.1, -0.05) is 19.1 Å². The Hall–Kier alpha value is -1.95. The van der Waals surface area contributed by atoms with Crippen LogP contribution in [0.25, 0.3) is 0 Å². The summed E-state index contributed by atoms with van der Waals surface area (Å²) in [5.41, 5.74) is 1.17. The monoisotopic (exact) mass is 333 g/mol. The highest BCUT2D eigenvalue weighted by Crippen LogP contribution is 2.28. The normalized spacial score (nSPS) is 15.8. The van der Waals surface area contributed by atoms with Gasteiger partial charge in [-0.3, -0.25) is 4.99 Å². The highest BCUT2D eigenvalue weighted by Gasteiger charge is 2.21. The second kappa shape index (κ2) is 9.37. The summed E-state index contributed by atoms with van der Waals surface area (Å²) < 4.78 is 5.48. The molecule has 1 N–H and O–H groups in total. The van der Waals surface area contributed by atoms with Crippen molar-refractivity contribution in [1.82, 2.24) is 15.1 Å². The number of aliphatic imine (C=N–C) groups is 1. The summed E-state index contributed by atoms with van der Waals surface area (Å²) in [6, 6.07) is 8.22. The molecule has 1 aliphatic rings. The fraction of sp³-hybridized carbons (Fsp3) is 0.611. The maximum Gasteiger partial charge on any atom is 0.193 e. The Balaban J connectivity index is 1.87. The summed E-state index contributed by atoms with van der Waals surface area (Å²) >= 11 is 0. The number of guanidine groups is 1. The molecule has 1 fully saturated rings. The Morgan fingerprint density at radius 3 is 2.58 bits per heavy atom. The molecule has 6 nitrogen and oxygen atoms in total. The fourth-order valence-electron chi connectivity index (χ4n) is 2.90. The van der Waals surface area contributed by atoms with Gasteiger partial charge in [-0.2, -0.15) is 0 Å². The predicted octanol–water partition coefficient (Wildman–Crippen LogP) is 1.34. The highest BCUT2D eigenvalue weighted by atomic mass is 16.5. The van der Waals surface area contributed by atoms with Crippen LogP contribution in [0.5, 0.6) is 5.75 Å². The molecule has 1 aromatic carbocycles. The van der Waals surface area contributed by atoms with Gasteiger partial charge in [0.1, 0.15) is 5.75 Å². The number of nitrogens with zero attached hydrogens (tertiary/aromatic N) is 4. The Kier molecular flexibility index (Phi) is 7.18. The van der Waals surface area contributed by atoms with E-state index in [2.05, 4.69) is 51.1 Å². The lowest BCUT2D eigenvalue weighted by atomic mass is 10.2. The number of piperazine rings is 1. The standard InChI is InChI=1S/C18H31N5O/c1-5-21(3)11-10-20-18(19-2)23-14-12-22(13-15-23)16-8-6-7-9-17(16)24-4/h6-9H,5,10-15H2,1-4H3,(H,19,20). The lowest BCUT2D eigenvalue weighted by Crippen LogP contribution is -2.53. The van der Waals surface area contributed by atoms with Gasteiger partial charge >= 0.3 is 0 Å². The zero-order valence-corrected chi connectivity index (χ0v) is 15.5. The highest BCUT2D eigenvalue weighted by molar-refractivity contribution is 5.80. The van der Waals surface area contributed by atoms with Gasteiger partial charge in [0.2, 0.25) is 0 Å². The quantitative estimate of drug-likeness (QED) is 0.629. The molecule has 1 saturated heterocycles. The maximum atomic E-state index is 5.48. The van der Waals surface area contributed by atoms with Gasteiger partial charge in [-0.15, -0.1) is 0 Å². The Morgan fingerprint density at radius 2 is 1.96 bits per heavy atom. The summed E-state index contributed by atoms with van der Waals surface area (Å²) in [5, 5.41) is 3.47. The summed E-state index contributed by atoms with van der Waals surface area (Å²) in [5.74, 6) is 1.94. The maximum absolute atomic E-state index is 5.48. The van der Waals surface area contributed by atoms with Crippen LogP contribution >= 0.6 is 0 Å². The molecular formula is C18H31N5O. The van der Waals surface area contributed by atoms with E-state index in [1.54, 1.807) is 7.11 Å². The van der Waals surface area contributed by atoms with E-state index in [4.69, 9.17) is 4.74 Å². The number of nitrogens with one attached hydrogen (secondary N) is 1. The molecule has 24 heavy (non-hydrogen) atoms. The third-order valence-electron chi connectivity index (χ3n) is 4.53. The number of likely N-dealkylation sites (N-methyl/N-ethyl adjacent to an activating group) is 1. The van der Waals surface area contributed by atoms with Crippen LogP contribution in [0.1, 0.15) is 6.92 Å². The van der Waals surface area contributed by atoms with Crippen LogP contribution in [0.4, 0.5) is 5.69 Å². The Bertz CT molecular complexity index is 526. The van der Waals surface area contributed by atoms with E-state index in [0.29, 0.717) is 0 Å². The number of hydrogen-bond donors (Lipinski definition) is 1. The predicted molar refractivity (Wildman–Crippen MR) is 101 cm³/mol. The number of anilines is 1. The molecule has 0 aliphatic carbocycles. The Morgan fingerprint density at radius 1 is 1.25 bits per heavy atom. The molecule has 2 rings (SSSR count). The van der Waals surface area contributed by atoms with Crippen molar-refractivity contribution in [3.63, 3.8) is 0 Å². The number of para-hydroxylation sites is 2. The lowest BCUT2D eigenvalue weighted by Gasteiger charge is -2.38. The second-order valence-electron chi connectivity index (χ2n) is 6.02. The minimum atomic E-state index is 0.920. The van der Waals surface area contributed by atoms with Gasteiger partial charge in [-0.05, 0) is 25.7 Å². The molecule has 0 atom stereocenters. The van der Waals surface area contributed by atoms with E-state index in [-0.39, 0.29) is 0 Å². The SMILES string of the molecule is CCN(C)CCNC(=NC)N1CCN(c2ccccc2OC)CC1. The molecule has 0 amide bonds. The first-order valence-corrected chi connectivity index (χ1v) is 8.71. The number of benzene rings is 1. The molecule has 0 saturated carbocycles. The van der Waals surface area contributed by atoms with Crippen molar-refractivity contribution in [3.05, 3.63) is 24.3 Å². The minimum absolute atomic E-state index is 0.920. The Labute approximate surface area is 146 Å². The van der Waals surface area contributed by atoms with E-state index >= 15 is 0 Å². The van der Waals surface area contributed by atoms with Gasteiger partial charge in [0, 0.05) is 46.3 Å². The molecule has 0 aromatic heterocycles. The molecule has 134 valence electrons. The first-order chi connectivity index (χ1) is 11.7. The third-order valence-corrected chi connectivity index (χ3v) is 4.53. The topological polar surface area (TPSA) is 43.3 Å². The first kappa shape index (κ1) is 18.4. The minimum Gasteiger partial charge on any atom is -0.495 e. The van der Waals surface area contributed by atoms with Crippen molar-refractivity contribution in [1.29, 1.82) is 0 Å². The molecule has 1 heterocycles. The zero-order chi connectivity index (χ0) is 17.4. The number of hydrogen-bond acceptors (Lipinski definition) is 4. The van der Waals surface area contributed by atoms with Crippen molar-refractivity contribution < 1.29 is 4.74 Å². The van der Waals surface area contributed by atoms with Crippen LogP contribution in [0, 0.1) is 0 Å². The van der Waals surface area contributed by atoms with Crippen molar-refractivity contribution in [3.8, 4) is 5.75 Å². The average Bonchev–Trinajstić information content (AvgIpc) is 2.65. The van der Waals surface area contributed by atoms with Gasteiger partial charge < -0.3 is 24.8 Å². The van der Waals surface area contributed by atoms with Crippen molar-refractivity contribution in [2.75, 3.05) is 71.9 Å². The summed E-state index contributed by atoms with van der Waals surface area (Å²) in [4.78, 5) is 11.4. The van der Waals surface area contributed by atoms with E-state index in [1.807, 2.05) is 19.2 Å². The van der Waals surface area contributed by atoms with Crippen LogP contribution in [-0.4, -0.2) is 82.8 Å². The van der Waals surface area contributed by atoms with Crippen LogP contribution < -0.4 is 15.0 Å². The van der Waals surface area contributed by atoms with Crippen LogP contribution in [0.3, 0.4) is 0 Å². The molecule has 6 heteroatoms. The molecule has 1 aliphatic heterocycles. The largest absolute Gasteiger partial charge is 0.495 e. The third kappa shape index (κ3) is 4.77. The van der Waals surface area contributed by atoms with Crippen molar-refractivity contribution in [2.45, 2.75) is 6.92 Å². The molecule has 1 aromatic rings. The van der Waals surface area contributed by atoms with Gasteiger partial charge in [0.05, 0.1) is 12.8 Å². The lowest BCUT2D eigenvalue weighted by molar-refractivity contribution is 0.343. The van der Waals surface area contributed by atoms with Crippen molar-refractivity contribution >= 4 is 11.6 Å². The molecular weight excluding hydrogens is 302 g/mol. The van der Waals surface area contributed by atoms with Gasteiger partial charge in [0.25, 0.3) is 0 Å². The van der Waals surface area contributed by atoms with Crippen LogP contribution in [0.15, 0.2) is 29.3 Å². The molecule has 0 bridgehead atoms. The number of rotatable bonds is 6. The van der Waals surface area contributed by atoms with Crippen LogP contribution in [-0.2, 0) is 0 Å². The van der Waals surface area contributed by atoms with Gasteiger partial charge in [0.15, 0.2) is 5.96 Å². The first-order valence-electron chi connectivity index (χ1n) is 8.71. The second-order valence-corrected chi connectivity index (χ2v) is 6.02. The van der Waals surface area contributed by atoms with E-state index in [1.165, 1.54) is 5.69 Å². The van der Waals surface area contributed by atoms with E-state index < -0.39 is 0 Å². The molecule has 0 unspecified atom stereocenters. The van der Waals surface area contributed by atoms with Crippen LogP contribution in [0.2, 0.25) is 0 Å². The number of methoxy groups -OCH3 is 1. The van der Waals surface area contributed by atoms with E-state index in [0.717, 1.165) is 57.5 Å². The summed E-state index contributed by atoms with van der Waals surface area (Å²) in [7, 11) is 5.73. The van der Waals surface area contributed by atoms with Gasteiger partial charge in [-0.25, -0.2) is 0 Å². The fourth-order valence-corrected chi connectivity index (χ4v) is 2.90. The summed E-state index contributed by atoms with van der Waals surface area (Å²) in [6.07, 6.45) is 0. The smallest absolute Gasteiger partial charge is 0.193 e. The molecule has 0 spiro atoms. The summed E-state index contributed by atoms with van der Waals surface area (Å²) in [6.45, 7) is 9.04. The number of ether oxygens (including phenoxy) is 1. The van der Waals surface area contributed by atoms with Crippen molar-refractivity contribution in [2.24, 2.45) is 4.99 Å². The van der Waals surface area contributed by atoms with E-state index in [9.17, 15) is 0 Å². The molecule has 0 radical (unpaired) electrons.